The summed E-state index contributed by atoms with van der Waals surface area (Å²) < 4.78 is 0. The van der Waals surface area contributed by atoms with Crippen molar-refractivity contribution >= 4 is 33.5 Å². The minimum absolute atomic E-state index is 0. The van der Waals surface area contributed by atoms with Gasteiger partial charge in [-0.05, 0) is 0 Å². The summed E-state index contributed by atoms with van der Waals surface area (Å²) in [7, 11) is 0. The van der Waals surface area contributed by atoms with Crippen LogP contribution in [0.3, 0.4) is 0 Å². The molecule has 0 atom stereocenters. The van der Waals surface area contributed by atoms with E-state index < -0.39 is 33.7 Å². The summed E-state index contributed by atoms with van der Waals surface area (Å²) in [6, 6.07) is 12.6. The minimum atomic E-state index is -1.30. The zero-order chi connectivity index (χ0) is 23.4. The Hall–Kier alpha value is -4.08. The van der Waals surface area contributed by atoms with Crippen molar-refractivity contribution in [2.45, 2.75) is 0 Å². The predicted octanol–water partition coefficient (Wildman–Crippen LogP) is -0.837. The molecular weight excluding hydrogens is 484 g/mol. The van der Waals surface area contributed by atoms with Gasteiger partial charge in [0.05, 0.1) is 0 Å². The van der Waals surface area contributed by atoms with Crippen molar-refractivity contribution in [3.8, 4) is 0 Å². The van der Waals surface area contributed by atoms with Crippen molar-refractivity contribution in [2.75, 3.05) is 0 Å². The molecule has 0 saturated carbocycles. The van der Waals surface area contributed by atoms with Gasteiger partial charge < -0.3 is 10.2 Å². The fraction of sp³-hybridized carbons (Fsp3) is 0. The Morgan fingerprint density at radius 1 is 0.576 bits per heavy atom. The molecule has 0 aliphatic carbocycles. The first-order valence-electron chi connectivity index (χ1n) is 8.87. The van der Waals surface area contributed by atoms with Crippen LogP contribution in [0.5, 0.6) is 0 Å². The molecule has 0 bridgehead atoms. The number of benzene rings is 2. The van der Waals surface area contributed by atoms with E-state index in [4.69, 9.17) is 10.2 Å². The summed E-state index contributed by atoms with van der Waals surface area (Å²) in [5.41, 5.74) is -2.12. The predicted molar refractivity (Wildman–Crippen MR) is 113 cm³/mol. The Morgan fingerprint density at radius 2 is 0.818 bits per heavy atom. The van der Waals surface area contributed by atoms with Crippen molar-refractivity contribution < 1.29 is 36.9 Å². The molecule has 11 heteroatoms. The molecule has 4 aromatic carbocycles. The summed E-state index contributed by atoms with van der Waals surface area (Å²) >= 11 is 0. The smallest absolute Gasteiger partial charge is 0.331 e. The summed E-state index contributed by atoms with van der Waals surface area (Å²) in [5.74, 6) is -2.60. The van der Waals surface area contributed by atoms with Crippen LogP contribution in [0.1, 0.15) is 0 Å². The molecule has 10 nitrogen and oxygen atoms in total. The second kappa shape index (κ2) is 10.5. The molecule has 0 spiro atoms. The standard InChI is InChI=1S/2C11H6NO4.Cu/c2*13-8(14)5-12-9-10(15)6-3-1-2-4-7(6)11(9)16;/h2*1-5H,(H,13,14);. The van der Waals surface area contributed by atoms with Gasteiger partial charge in [0.15, 0.2) is 23.8 Å². The number of hydrogen-bond acceptors (Lipinski definition) is 8. The second-order valence-electron chi connectivity index (χ2n) is 6.30. The van der Waals surface area contributed by atoms with Crippen LogP contribution < -0.4 is 32.4 Å². The first kappa shape index (κ1) is 25.2. The monoisotopic (exact) mass is 495 g/mol. The Kier molecular flexibility index (Phi) is 8.00. The number of aliphatic carboxylic acids is 2. The quantitative estimate of drug-likeness (QED) is 0.345. The van der Waals surface area contributed by atoms with Crippen LogP contribution in [0.15, 0.2) is 77.7 Å². The maximum Gasteiger partial charge on any atom is 0.331 e. The van der Waals surface area contributed by atoms with Crippen LogP contribution in [0, 0.1) is 13.1 Å². The molecule has 0 unspecified atom stereocenters. The molecule has 2 N–H and O–H groups in total. The Labute approximate surface area is 193 Å². The summed E-state index contributed by atoms with van der Waals surface area (Å²) in [6.07, 6.45) is 0. The van der Waals surface area contributed by atoms with E-state index in [9.17, 15) is 28.8 Å². The van der Waals surface area contributed by atoms with E-state index in [0.29, 0.717) is 13.1 Å². The van der Waals surface area contributed by atoms with Crippen molar-refractivity contribution in [3.63, 3.8) is 0 Å². The largest absolute Gasteiger partial charge is 0.480 e. The number of hydrogen-bond donors (Lipinski definition) is 2. The van der Waals surface area contributed by atoms with Crippen LogP contribution in [0.2, 0.25) is 0 Å². The second-order valence-corrected chi connectivity index (χ2v) is 6.30. The maximum atomic E-state index is 11.7. The van der Waals surface area contributed by atoms with E-state index >= 15 is 0 Å². The van der Waals surface area contributed by atoms with Crippen LogP contribution >= 0.6 is 0 Å². The molecule has 169 valence electrons. The normalized spacial score (nSPS) is 10.2. The number of rotatable bonds is 4. The molecule has 0 amide bonds. The Bertz CT molecular complexity index is 1450. The van der Waals surface area contributed by atoms with Crippen LogP contribution in [0.4, 0.5) is 0 Å². The van der Waals surface area contributed by atoms with Crippen LogP contribution in [-0.4, -0.2) is 22.2 Å². The molecule has 0 aliphatic rings. The van der Waals surface area contributed by atoms with Gasteiger partial charge in [0.1, 0.15) is 0 Å². The Balaban J connectivity index is 0.000000227. The van der Waals surface area contributed by atoms with E-state index in [-0.39, 0.29) is 49.3 Å². The van der Waals surface area contributed by atoms with Gasteiger partial charge in [-0.1, -0.05) is 48.5 Å². The fourth-order valence-corrected chi connectivity index (χ4v) is 2.95. The van der Waals surface area contributed by atoms with Crippen molar-refractivity contribution in [1.82, 2.24) is 0 Å². The number of carboxylic acids is 2. The molecule has 0 saturated heterocycles. The average molecular weight is 496 g/mol. The van der Waals surface area contributed by atoms with Crippen molar-refractivity contribution in [2.24, 2.45) is 9.98 Å². The van der Waals surface area contributed by atoms with E-state index in [1.165, 1.54) is 24.3 Å². The summed E-state index contributed by atoms with van der Waals surface area (Å²) in [5, 5.41) is 17.1. The van der Waals surface area contributed by atoms with E-state index in [2.05, 4.69) is 9.98 Å². The van der Waals surface area contributed by atoms with E-state index in [0.717, 1.165) is 0 Å². The molecule has 4 aromatic rings. The fourth-order valence-electron chi connectivity index (χ4n) is 2.95. The van der Waals surface area contributed by atoms with Gasteiger partial charge in [-0.2, -0.15) is 0 Å². The number of nitrogens with zero attached hydrogens (tertiary/aromatic N) is 2. The van der Waals surface area contributed by atoms with Crippen LogP contribution in [0.25, 0.3) is 21.5 Å². The first-order chi connectivity index (χ1) is 15.2. The van der Waals surface area contributed by atoms with Gasteiger partial charge in [0.2, 0.25) is 21.7 Å². The molecular formula is C22H12CuN2O8. The van der Waals surface area contributed by atoms with E-state index in [1.807, 2.05) is 0 Å². The van der Waals surface area contributed by atoms with Gasteiger partial charge in [0.25, 0.3) is 0 Å². The summed E-state index contributed by atoms with van der Waals surface area (Å²) in [6.45, 7) is 1.08. The third-order valence-corrected chi connectivity index (χ3v) is 4.30. The van der Waals surface area contributed by atoms with E-state index in [1.54, 1.807) is 24.3 Å². The molecule has 0 fully saturated rings. The molecule has 0 aliphatic heterocycles. The third kappa shape index (κ3) is 5.22. The molecule has 3 radical (unpaired) electrons. The topological polar surface area (TPSA) is 168 Å². The van der Waals surface area contributed by atoms with Gasteiger partial charge >= 0.3 is 11.9 Å². The molecule has 4 rings (SSSR count). The SMILES string of the molecule is O=C(O)[CH]N=c1c(=O)c2ccccc2c1=O.O=C(O)[CH]N=c1c(=O)c2ccccc2c1=O.[Cu]. The Morgan fingerprint density at radius 3 is 1.03 bits per heavy atom. The van der Waals surface area contributed by atoms with Crippen LogP contribution in [-0.2, 0) is 26.7 Å². The zero-order valence-corrected chi connectivity index (χ0v) is 17.3. The van der Waals surface area contributed by atoms with Gasteiger partial charge in [-0.25, -0.2) is 9.59 Å². The molecule has 0 heterocycles. The first-order valence-corrected chi connectivity index (χ1v) is 8.87. The summed E-state index contributed by atoms with van der Waals surface area (Å²) in [4.78, 5) is 73.9. The van der Waals surface area contributed by atoms with Gasteiger partial charge in [-0.3, -0.25) is 29.2 Å². The molecule has 33 heavy (non-hydrogen) atoms. The van der Waals surface area contributed by atoms with Crippen molar-refractivity contribution in [1.29, 1.82) is 0 Å². The molecule has 0 aromatic heterocycles. The average Bonchev–Trinajstić information content (AvgIpc) is 3.16. The van der Waals surface area contributed by atoms with Gasteiger partial charge in [0, 0.05) is 38.6 Å². The van der Waals surface area contributed by atoms with Crippen molar-refractivity contribution in [3.05, 3.63) is 113 Å². The maximum absolute atomic E-state index is 11.7. The van der Waals surface area contributed by atoms with Gasteiger partial charge in [-0.15, -0.1) is 0 Å². The third-order valence-electron chi connectivity index (χ3n) is 4.30. The number of carboxylic acid groups (broad SMARTS) is 2. The number of fused-ring (bicyclic) bond motifs is 2. The number of carbonyl (C=O) groups is 2. The zero-order valence-electron chi connectivity index (χ0n) is 16.3. The minimum Gasteiger partial charge on any atom is -0.480 e.